The molecule has 1 unspecified atom stereocenters. The Balaban J connectivity index is 1.50. The molecule has 3 rings (SSSR count). The molecular weight excluding hydrogens is 252 g/mol. The van der Waals surface area contributed by atoms with Crippen LogP contribution in [0.1, 0.15) is 12.0 Å². The Morgan fingerprint density at radius 1 is 1.45 bits per heavy atom. The fourth-order valence-electron chi connectivity index (χ4n) is 2.70. The molecule has 2 heterocycles. The van der Waals surface area contributed by atoms with Gasteiger partial charge in [0.15, 0.2) is 6.61 Å². The minimum Gasteiger partial charge on any atom is -0.497 e. The average Bonchev–Trinajstić information content (AvgIpc) is 3.10. The van der Waals surface area contributed by atoms with Crippen molar-refractivity contribution in [3.63, 3.8) is 0 Å². The molecule has 20 heavy (non-hydrogen) atoms. The Bertz CT molecular complexity index is 571. The molecule has 4 heteroatoms. The van der Waals surface area contributed by atoms with E-state index in [2.05, 4.69) is 21.9 Å². The summed E-state index contributed by atoms with van der Waals surface area (Å²) in [5, 5.41) is 4.22. The quantitative estimate of drug-likeness (QED) is 0.477. The highest BCUT2D eigenvalue weighted by Crippen LogP contribution is 2.25. The van der Waals surface area contributed by atoms with Gasteiger partial charge in [0.25, 0.3) is 0 Å². The molecule has 1 aromatic carbocycles. The molecule has 0 radical (unpaired) electrons. The van der Waals surface area contributed by atoms with E-state index < -0.39 is 0 Å². The van der Waals surface area contributed by atoms with E-state index in [0.29, 0.717) is 12.5 Å². The van der Waals surface area contributed by atoms with E-state index in [-0.39, 0.29) is 0 Å². The fourth-order valence-corrected chi connectivity index (χ4v) is 2.70. The highest BCUT2D eigenvalue weighted by atomic mass is 16.6. The maximum atomic E-state index is 5.30. The van der Waals surface area contributed by atoms with Crippen LogP contribution in [-0.4, -0.2) is 44.0 Å². The van der Waals surface area contributed by atoms with Crippen molar-refractivity contribution in [3.8, 4) is 17.6 Å². The van der Waals surface area contributed by atoms with Gasteiger partial charge in [-0.05, 0) is 31.2 Å². The molecule has 1 aromatic rings. The lowest BCUT2D eigenvalue weighted by molar-refractivity contribution is 0.177. The van der Waals surface area contributed by atoms with Crippen molar-refractivity contribution in [2.24, 2.45) is 11.1 Å². The Hall–Kier alpha value is -1.99. The number of nitrogens with zero attached hydrogens (tertiary/aromatic N) is 2. The topological polar surface area (TPSA) is 34.1 Å². The van der Waals surface area contributed by atoms with Crippen molar-refractivity contribution >= 4 is 5.71 Å². The van der Waals surface area contributed by atoms with Crippen LogP contribution in [0.15, 0.2) is 29.4 Å². The first-order valence-corrected chi connectivity index (χ1v) is 6.89. The van der Waals surface area contributed by atoms with E-state index in [1.165, 1.54) is 18.7 Å². The SMILES string of the molecule is COc1cccc(C#CCON=C2CN3CC[C@@H]2C3)c1. The van der Waals surface area contributed by atoms with Gasteiger partial charge < -0.3 is 9.57 Å². The number of piperidine rings is 1. The molecule has 0 aromatic heterocycles. The molecule has 0 amide bonds. The van der Waals surface area contributed by atoms with Gasteiger partial charge in [0, 0.05) is 24.6 Å². The van der Waals surface area contributed by atoms with Gasteiger partial charge in [-0.2, -0.15) is 0 Å². The average molecular weight is 270 g/mol. The summed E-state index contributed by atoms with van der Waals surface area (Å²) in [6, 6.07) is 7.68. The first-order chi connectivity index (χ1) is 9.85. The molecule has 104 valence electrons. The Kier molecular flexibility index (Phi) is 3.89. The Morgan fingerprint density at radius 3 is 3.15 bits per heavy atom. The summed E-state index contributed by atoms with van der Waals surface area (Å²) in [5.74, 6) is 7.44. The third kappa shape index (κ3) is 2.94. The van der Waals surface area contributed by atoms with Gasteiger partial charge in [-0.1, -0.05) is 23.1 Å². The molecule has 0 N–H and O–H groups in total. The number of methoxy groups -OCH3 is 1. The molecular formula is C16H18N2O2. The first-order valence-electron chi connectivity index (χ1n) is 6.89. The number of rotatable bonds is 3. The van der Waals surface area contributed by atoms with Gasteiger partial charge in [0.2, 0.25) is 0 Å². The maximum absolute atomic E-state index is 5.30. The minimum absolute atomic E-state index is 0.327. The van der Waals surface area contributed by atoms with Gasteiger partial charge in [-0.25, -0.2) is 0 Å². The normalized spacial score (nSPS) is 25.4. The molecule has 2 saturated heterocycles. The molecule has 4 nitrogen and oxygen atoms in total. The lowest BCUT2D eigenvalue weighted by atomic mass is 10.0. The summed E-state index contributed by atoms with van der Waals surface area (Å²) in [7, 11) is 1.65. The van der Waals surface area contributed by atoms with Crippen LogP contribution in [0.25, 0.3) is 0 Å². The summed E-state index contributed by atoms with van der Waals surface area (Å²) in [4.78, 5) is 7.72. The highest BCUT2D eigenvalue weighted by molar-refractivity contribution is 5.91. The van der Waals surface area contributed by atoms with Crippen molar-refractivity contribution in [1.82, 2.24) is 4.90 Å². The van der Waals surface area contributed by atoms with Crippen molar-refractivity contribution < 1.29 is 9.57 Å². The number of benzene rings is 1. The van der Waals surface area contributed by atoms with Crippen molar-refractivity contribution in [3.05, 3.63) is 29.8 Å². The fraction of sp³-hybridized carbons (Fsp3) is 0.438. The number of hydrogen-bond donors (Lipinski definition) is 0. The summed E-state index contributed by atoms with van der Waals surface area (Å²) in [6.45, 7) is 3.65. The predicted octanol–water partition coefficient (Wildman–Crippen LogP) is 1.75. The molecule has 2 atom stereocenters. The predicted molar refractivity (Wildman–Crippen MR) is 77.8 cm³/mol. The zero-order valence-electron chi connectivity index (χ0n) is 11.6. The number of ether oxygens (including phenoxy) is 1. The second kappa shape index (κ2) is 5.98. The third-order valence-corrected chi connectivity index (χ3v) is 3.75. The van der Waals surface area contributed by atoms with Crippen LogP contribution >= 0.6 is 0 Å². The second-order valence-corrected chi connectivity index (χ2v) is 5.11. The minimum atomic E-state index is 0.327. The molecule has 2 fully saturated rings. The van der Waals surface area contributed by atoms with Crippen LogP contribution in [0, 0.1) is 17.8 Å². The summed E-state index contributed by atoms with van der Waals surface area (Å²) >= 11 is 0. The van der Waals surface area contributed by atoms with Crippen LogP contribution in [-0.2, 0) is 4.84 Å². The van der Waals surface area contributed by atoms with Crippen LogP contribution in [0.2, 0.25) is 0 Å². The molecule has 2 aliphatic rings. The van der Waals surface area contributed by atoms with Crippen LogP contribution < -0.4 is 4.74 Å². The van der Waals surface area contributed by atoms with E-state index in [0.717, 1.165) is 24.4 Å². The number of oxime groups is 1. The van der Waals surface area contributed by atoms with Crippen molar-refractivity contribution in [1.29, 1.82) is 0 Å². The van der Waals surface area contributed by atoms with Gasteiger partial charge in [-0.3, -0.25) is 4.90 Å². The lowest BCUT2D eigenvalue weighted by Gasteiger charge is -2.12. The van der Waals surface area contributed by atoms with Gasteiger partial charge >= 0.3 is 0 Å². The maximum Gasteiger partial charge on any atom is 0.177 e. The monoisotopic (exact) mass is 270 g/mol. The van der Waals surface area contributed by atoms with Gasteiger partial charge in [0.05, 0.1) is 12.8 Å². The molecule has 2 bridgehead atoms. The lowest BCUT2D eigenvalue weighted by Crippen LogP contribution is -2.23. The number of fused-ring (bicyclic) bond motifs is 2. The Morgan fingerprint density at radius 2 is 2.40 bits per heavy atom. The standard InChI is InChI=1S/C16H18N2O2/c1-19-15-6-2-4-13(10-15)5-3-9-20-17-16-12-18-8-7-14(16)11-18/h2,4,6,10,14H,7-9,11-12H2,1H3/t14-/m1/s1. The van der Waals surface area contributed by atoms with E-state index in [1.807, 2.05) is 24.3 Å². The van der Waals surface area contributed by atoms with Gasteiger partial charge in [0.1, 0.15) is 5.75 Å². The highest BCUT2D eigenvalue weighted by Gasteiger charge is 2.35. The first kappa shape index (κ1) is 13.0. The van der Waals surface area contributed by atoms with E-state index in [1.54, 1.807) is 7.11 Å². The van der Waals surface area contributed by atoms with Crippen molar-refractivity contribution in [2.75, 3.05) is 33.4 Å². The largest absolute Gasteiger partial charge is 0.497 e. The van der Waals surface area contributed by atoms with Crippen LogP contribution in [0.3, 0.4) is 0 Å². The summed E-state index contributed by atoms with van der Waals surface area (Å²) < 4.78 is 5.15. The zero-order chi connectivity index (χ0) is 13.8. The second-order valence-electron chi connectivity index (χ2n) is 5.11. The van der Waals surface area contributed by atoms with Gasteiger partial charge in [-0.15, -0.1) is 0 Å². The van der Waals surface area contributed by atoms with E-state index >= 15 is 0 Å². The molecule has 0 saturated carbocycles. The zero-order valence-corrected chi connectivity index (χ0v) is 11.6. The third-order valence-electron chi connectivity index (χ3n) is 3.75. The van der Waals surface area contributed by atoms with Crippen molar-refractivity contribution in [2.45, 2.75) is 6.42 Å². The summed E-state index contributed by atoms with van der Waals surface area (Å²) in [5.41, 5.74) is 2.10. The molecule has 0 spiro atoms. The van der Waals surface area contributed by atoms with Crippen LogP contribution in [0.4, 0.5) is 0 Å². The van der Waals surface area contributed by atoms with E-state index in [9.17, 15) is 0 Å². The van der Waals surface area contributed by atoms with E-state index in [4.69, 9.17) is 9.57 Å². The number of hydrogen-bond acceptors (Lipinski definition) is 4. The summed E-state index contributed by atoms with van der Waals surface area (Å²) in [6.07, 6.45) is 1.22. The van der Waals surface area contributed by atoms with Crippen LogP contribution in [0.5, 0.6) is 5.75 Å². The molecule has 0 aliphatic carbocycles. The Labute approximate surface area is 119 Å². The molecule has 2 aliphatic heterocycles. The smallest absolute Gasteiger partial charge is 0.177 e.